The van der Waals surface area contributed by atoms with E-state index in [-0.39, 0.29) is 5.92 Å². The van der Waals surface area contributed by atoms with Gasteiger partial charge in [-0.25, -0.2) is 0 Å². The number of rotatable bonds is 2. The number of nitrogens with zero attached hydrogens (tertiary/aromatic N) is 1. The van der Waals surface area contributed by atoms with Crippen LogP contribution >= 0.6 is 23.2 Å². The molecule has 1 aliphatic carbocycles. The monoisotopic (exact) mass is 259 g/mol. The first-order valence-corrected chi connectivity index (χ1v) is 6.05. The summed E-state index contributed by atoms with van der Waals surface area (Å²) >= 11 is 12.1. The molecule has 0 fully saturated rings. The molecule has 0 aromatic heterocycles. The van der Waals surface area contributed by atoms with Crippen molar-refractivity contribution >= 4 is 23.2 Å². The molecule has 4 heteroatoms. The van der Waals surface area contributed by atoms with Crippen LogP contribution in [0.2, 0.25) is 10.0 Å². The second-order valence-corrected chi connectivity index (χ2v) is 5.47. The SMILES string of the molecule is CN(C)C[C@H]1Cc2c(Cl)cc(Cl)cc2C1O. The van der Waals surface area contributed by atoms with E-state index in [1.165, 1.54) is 0 Å². The van der Waals surface area contributed by atoms with E-state index in [1.807, 2.05) is 20.2 Å². The van der Waals surface area contributed by atoms with Crippen molar-refractivity contribution in [3.8, 4) is 0 Å². The minimum atomic E-state index is -0.450. The largest absolute Gasteiger partial charge is 0.388 e. The Morgan fingerprint density at radius 1 is 1.38 bits per heavy atom. The molecule has 0 radical (unpaired) electrons. The fourth-order valence-electron chi connectivity index (χ4n) is 2.36. The van der Waals surface area contributed by atoms with Gasteiger partial charge in [0.1, 0.15) is 0 Å². The molecular weight excluding hydrogens is 245 g/mol. The lowest BCUT2D eigenvalue weighted by Crippen LogP contribution is -2.24. The molecule has 2 nitrogen and oxygen atoms in total. The second-order valence-electron chi connectivity index (χ2n) is 4.63. The number of fused-ring (bicyclic) bond motifs is 1. The first kappa shape index (κ1) is 12.2. The van der Waals surface area contributed by atoms with Crippen LogP contribution in [0.25, 0.3) is 0 Å². The van der Waals surface area contributed by atoms with E-state index >= 15 is 0 Å². The fraction of sp³-hybridized carbons (Fsp3) is 0.500. The van der Waals surface area contributed by atoms with E-state index in [4.69, 9.17) is 23.2 Å². The van der Waals surface area contributed by atoms with E-state index < -0.39 is 6.10 Å². The van der Waals surface area contributed by atoms with Crippen molar-refractivity contribution in [3.63, 3.8) is 0 Å². The van der Waals surface area contributed by atoms with Crippen molar-refractivity contribution < 1.29 is 5.11 Å². The Labute approximate surface area is 106 Å². The van der Waals surface area contributed by atoms with Gasteiger partial charge in [0, 0.05) is 22.5 Å². The highest BCUT2D eigenvalue weighted by Crippen LogP contribution is 2.41. The molecule has 16 heavy (non-hydrogen) atoms. The van der Waals surface area contributed by atoms with Gasteiger partial charge in [0.05, 0.1) is 6.10 Å². The Morgan fingerprint density at radius 3 is 2.69 bits per heavy atom. The van der Waals surface area contributed by atoms with Crippen LogP contribution in [0.15, 0.2) is 12.1 Å². The molecule has 88 valence electrons. The highest BCUT2D eigenvalue weighted by Gasteiger charge is 2.32. The predicted octanol–water partition coefficient (Wildman–Crippen LogP) is 2.76. The van der Waals surface area contributed by atoms with Crippen molar-refractivity contribution in [1.29, 1.82) is 0 Å². The number of benzene rings is 1. The zero-order valence-corrected chi connectivity index (χ0v) is 10.9. The predicted molar refractivity (Wildman–Crippen MR) is 67.2 cm³/mol. The number of halogens is 2. The number of aliphatic hydroxyl groups is 1. The van der Waals surface area contributed by atoms with E-state index in [0.29, 0.717) is 10.0 Å². The summed E-state index contributed by atoms with van der Waals surface area (Å²) in [6, 6.07) is 3.57. The third-order valence-corrected chi connectivity index (χ3v) is 3.58. The molecule has 0 aliphatic heterocycles. The molecule has 0 spiro atoms. The molecule has 0 saturated carbocycles. The van der Waals surface area contributed by atoms with Gasteiger partial charge < -0.3 is 10.0 Å². The van der Waals surface area contributed by atoms with Gasteiger partial charge in [-0.05, 0) is 43.8 Å². The standard InChI is InChI=1S/C12H15Cl2NO/c1-15(2)6-7-3-9-10(12(7)16)4-8(13)5-11(9)14/h4-5,7,12,16H,3,6H2,1-2H3/t7-,12?/m1/s1. The summed E-state index contributed by atoms with van der Waals surface area (Å²) < 4.78 is 0. The Morgan fingerprint density at radius 2 is 2.06 bits per heavy atom. The third-order valence-electron chi connectivity index (χ3n) is 3.03. The average Bonchev–Trinajstić information content (AvgIpc) is 2.45. The molecule has 0 amide bonds. The zero-order valence-electron chi connectivity index (χ0n) is 9.37. The molecule has 0 heterocycles. The Bertz CT molecular complexity index is 406. The van der Waals surface area contributed by atoms with Crippen LogP contribution < -0.4 is 0 Å². The summed E-state index contributed by atoms with van der Waals surface area (Å²) in [5, 5.41) is 11.5. The van der Waals surface area contributed by atoms with Crippen LogP contribution in [-0.2, 0) is 6.42 Å². The molecule has 1 aliphatic rings. The van der Waals surface area contributed by atoms with Crippen LogP contribution in [-0.4, -0.2) is 30.6 Å². The summed E-state index contributed by atoms with van der Waals surface area (Å²) in [5.41, 5.74) is 1.94. The molecule has 2 atom stereocenters. The summed E-state index contributed by atoms with van der Waals surface area (Å²) in [6.07, 6.45) is 0.374. The topological polar surface area (TPSA) is 23.5 Å². The summed E-state index contributed by atoms with van der Waals surface area (Å²) in [7, 11) is 4.01. The number of hydrogen-bond donors (Lipinski definition) is 1. The van der Waals surface area contributed by atoms with Crippen molar-refractivity contribution in [1.82, 2.24) is 4.90 Å². The van der Waals surface area contributed by atoms with Gasteiger partial charge >= 0.3 is 0 Å². The molecule has 0 saturated heterocycles. The summed E-state index contributed by atoms with van der Waals surface area (Å²) in [5.74, 6) is 0.209. The molecule has 0 bridgehead atoms. The second kappa shape index (κ2) is 4.53. The smallest absolute Gasteiger partial charge is 0.0837 e. The minimum Gasteiger partial charge on any atom is -0.388 e. The lowest BCUT2D eigenvalue weighted by atomic mass is 10.0. The lowest BCUT2D eigenvalue weighted by molar-refractivity contribution is 0.105. The van der Waals surface area contributed by atoms with Crippen LogP contribution in [0, 0.1) is 5.92 Å². The quantitative estimate of drug-likeness (QED) is 0.883. The fourth-order valence-corrected chi connectivity index (χ4v) is 2.95. The number of hydrogen-bond acceptors (Lipinski definition) is 2. The third kappa shape index (κ3) is 2.21. The van der Waals surface area contributed by atoms with Gasteiger partial charge in [-0.2, -0.15) is 0 Å². The maximum Gasteiger partial charge on any atom is 0.0837 e. The number of aliphatic hydroxyl groups excluding tert-OH is 1. The molecule has 2 rings (SSSR count). The van der Waals surface area contributed by atoms with Gasteiger partial charge in [0.2, 0.25) is 0 Å². The molecule has 1 aromatic rings. The van der Waals surface area contributed by atoms with Gasteiger partial charge in [0.15, 0.2) is 0 Å². The van der Waals surface area contributed by atoms with Crippen LogP contribution in [0.1, 0.15) is 17.2 Å². The van der Waals surface area contributed by atoms with Crippen LogP contribution in [0.5, 0.6) is 0 Å². The summed E-state index contributed by atoms with van der Waals surface area (Å²) in [6.45, 7) is 0.851. The van der Waals surface area contributed by atoms with E-state index in [0.717, 1.165) is 24.1 Å². The van der Waals surface area contributed by atoms with Gasteiger partial charge in [-0.3, -0.25) is 0 Å². The first-order valence-electron chi connectivity index (χ1n) is 5.29. The van der Waals surface area contributed by atoms with Gasteiger partial charge in [-0.15, -0.1) is 0 Å². The molecule has 1 aromatic carbocycles. The van der Waals surface area contributed by atoms with Gasteiger partial charge in [-0.1, -0.05) is 23.2 Å². The maximum absolute atomic E-state index is 10.2. The Balaban J connectivity index is 2.31. The van der Waals surface area contributed by atoms with Crippen molar-refractivity contribution in [3.05, 3.63) is 33.3 Å². The lowest BCUT2D eigenvalue weighted by Gasteiger charge is -2.19. The molecular formula is C12H15Cl2NO. The van der Waals surface area contributed by atoms with Crippen molar-refractivity contribution in [2.24, 2.45) is 5.92 Å². The normalized spacial score (nSPS) is 23.9. The Hall–Kier alpha value is -0.280. The van der Waals surface area contributed by atoms with Crippen molar-refractivity contribution in [2.75, 3.05) is 20.6 Å². The molecule has 1 unspecified atom stereocenters. The minimum absolute atomic E-state index is 0.209. The van der Waals surface area contributed by atoms with Gasteiger partial charge in [0.25, 0.3) is 0 Å². The highest BCUT2D eigenvalue weighted by atomic mass is 35.5. The van der Waals surface area contributed by atoms with Crippen molar-refractivity contribution in [2.45, 2.75) is 12.5 Å². The Kier molecular flexibility index (Phi) is 3.45. The van der Waals surface area contributed by atoms with Crippen LogP contribution in [0.3, 0.4) is 0 Å². The van der Waals surface area contributed by atoms with E-state index in [2.05, 4.69) is 4.90 Å². The van der Waals surface area contributed by atoms with E-state index in [1.54, 1.807) is 6.07 Å². The highest BCUT2D eigenvalue weighted by molar-refractivity contribution is 6.35. The zero-order chi connectivity index (χ0) is 11.9. The van der Waals surface area contributed by atoms with E-state index in [9.17, 15) is 5.11 Å². The molecule has 1 N–H and O–H groups in total. The first-order chi connectivity index (χ1) is 7.49. The summed E-state index contributed by atoms with van der Waals surface area (Å²) in [4.78, 5) is 2.08. The average molecular weight is 260 g/mol. The maximum atomic E-state index is 10.2. The van der Waals surface area contributed by atoms with Crippen LogP contribution in [0.4, 0.5) is 0 Å².